The molecule has 17 heavy (non-hydrogen) atoms. The molecule has 2 rings (SSSR count). The Morgan fingerprint density at radius 3 is 3.00 bits per heavy atom. The molecule has 0 saturated carbocycles. The van der Waals surface area contributed by atoms with Gasteiger partial charge in [-0.1, -0.05) is 11.8 Å². The minimum absolute atomic E-state index is 0.141. The lowest BCUT2D eigenvalue weighted by Gasteiger charge is -1.98. The first-order valence-corrected chi connectivity index (χ1v) is 6.17. The van der Waals surface area contributed by atoms with Gasteiger partial charge in [0.25, 0.3) is 5.56 Å². The molecular formula is C11H13N3O2S. The van der Waals surface area contributed by atoms with Gasteiger partial charge >= 0.3 is 0 Å². The van der Waals surface area contributed by atoms with Crippen molar-refractivity contribution >= 4 is 11.8 Å². The summed E-state index contributed by atoms with van der Waals surface area (Å²) in [7, 11) is 1.87. The number of rotatable bonds is 5. The maximum Gasteiger partial charge on any atom is 0.251 e. The molecule has 0 saturated heterocycles. The zero-order valence-corrected chi connectivity index (χ0v) is 10.2. The molecule has 2 heterocycles. The molecule has 0 aliphatic carbocycles. The van der Waals surface area contributed by atoms with Gasteiger partial charge in [0.1, 0.15) is 11.5 Å². The molecule has 0 amide bonds. The van der Waals surface area contributed by atoms with E-state index in [1.165, 1.54) is 24.0 Å². The number of nitrogens with zero attached hydrogens (tertiary/aromatic N) is 1. The Morgan fingerprint density at radius 2 is 2.24 bits per heavy atom. The van der Waals surface area contributed by atoms with Crippen molar-refractivity contribution in [3.63, 3.8) is 0 Å². The van der Waals surface area contributed by atoms with Crippen LogP contribution in [0.1, 0.15) is 11.5 Å². The second-order valence-electron chi connectivity index (χ2n) is 3.43. The number of thioether (sulfide) groups is 1. The number of aromatic nitrogens is 2. The summed E-state index contributed by atoms with van der Waals surface area (Å²) >= 11 is 1.44. The summed E-state index contributed by atoms with van der Waals surface area (Å²) < 4.78 is 5.57. The van der Waals surface area contributed by atoms with E-state index in [0.29, 0.717) is 17.5 Å². The van der Waals surface area contributed by atoms with Gasteiger partial charge in [-0.25, -0.2) is 4.98 Å². The predicted molar refractivity (Wildman–Crippen MR) is 65.9 cm³/mol. The van der Waals surface area contributed by atoms with E-state index in [4.69, 9.17) is 4.42 Å². The Hall–Kier alpha value is -1.53. The summed E-state index contributed by atoms with van der Waals surface area (Å²) in [6.07, 6.45) is 1.50. The molecule has 0 bridgehead atoms. The second-order valence-corrected chi connectivity index (χ2v) is 4.39. The molecule has 5 nitrogen and oxygen atoms in total. The lowest BCUT2D eigenvalue weighted by molar-refractivity contribution is 0.469. The summed E-state index contributed by atoms with van der Waals surface area (Å²) in [6.45, 7) is 0.713. The van der Waals surface area contributed by atoms with Gasteiger partial charge in [-0.15, -0.1) is 0 Å². The first-order valence-electron chi connectivity index (χ1n) is 5.18. The lowest BCUT2D eigenvalue weighted by Crippen LogP contribution is -2.05. The van der Waals surface area contributed by atoms with Crippen LogP contribution in [0.25, 0.3) is 0 Å². The van der Waals surface area contributed by atoms with E-state index in [1.807, 2.05) is 19.2 Å². The highest BCUT2D eigenvalue weighted by molar-refractivity contribution is 7.98. The molecule has 0 radical (unpaired) electrons. The summed E-state index contributed by atoms with van der Waals surface area (Å²) in [5, 5.41) is 3.62. The van der Waals surface area contributed by atoms with Crippen molar-refractivity contribution in [2.45, 2.75) is 17.5 Å². The summed E-state index contributed by atoms with van der Waals surface area (Å²) in [5.41, 5.74) is -0.141. The van der Waals surface area contributed by atoms with Gasteiger partial charge in [0.15, 0.2) is 5.16 Å². The van der Waals surface area contributed by atoms with Crippen LogP contribution in [-0.4, -0.2) is 17.0 Å². The van der Waals surface area contributed by atoms with Crippen LogP contribution in [0.4, 0.5) is 0 Å². The van der Waals surface area contributed by atoms with Gasteiger partial charge in [0.2, 0.25) is 0 Å². The molecule has 2 aromatic heterocycles. The van der Waals surface area contributed by atoms with E-state index < -0.39 is 0 Å². The Bertz CT molecular complexity index is 535. The highest BCUT2D eigenvalue weighted by Crippen LogP contribution is 2.19. The highest BCUT2D eigenvalue weighted by Gasteiger charge is 2.03. The Balaban J connectivity index is 1.95. The average Bonchev–Trinajstić information content (AvgIpc) is 2.75. The minimum atomic E-state index is -0.141. The maximum atomic E-state index is 11.1. The third-order valence-electron chi connectivity index (χ3n) is 2.07. The van der Waals surface area contributed by atoms with Crippen LogP contribution in [0.2, 0.25) is 0 Å². The normalized spacial score (nSPS) is 10.6. The van der Waals surface area contributed by atoms with Crippen LogP contribution < -0.4 is 10.9 Å². The van der Waals surface area contributed by atoms with Gasteiger partial charge in [0.05, 0.1) is 12.3 Å². The predicted octanol–water partition coefficient (Wildman–Crippen LogP) is 1.37. The van der Waals surface area contributed by atoms with E-state index in [9.17, 15) is 4.79 Å². The van der Waals surface area contributed by atoms with Crippen molar-refractivity contribution in [2.75, 3.05) is 7.05 Å². The van der Waals surface area contributed by atoms with Gasteiger partial charge < -0.3 is 14.7 Å². The van der Waals surface area contributed by atoms with E-state index in [1.54, 1.807) is 0 Å². The maximum absolute atomic E-state index is 11.1. The van der Waals surface area contributed by atoms with Crippen LogP contribution in [-0.2, 0) is 12.3 Å². The molecule has 0 atom stereocenters. The number of nitrogens with one attached hydrogen (secondary N) is 2. The fourth-order valence-electron chi connectivity index (χ4n) is 1.33. The monoisotopic (exact) mass is 251 g/mol. The molecule has 0 aliphatic heterocycles. The smallest absolute Gasteiger partial charge is 0.251 e. The van der Waals surface area contributed by atoms with Crippen LogP contribution in [0.15, 0.2) is 38.8 Å². The van der Waals surface area contributed by atoms with Crippen molar-refractivity contribution in [3.05, 3.63) is 46.3 Å². The molecule has 90 valence electrons. The molecule has 0 spiro atoms. The quantitative estimate of drug-likeness (QED) is 0.620. The first kappa shape index (κ1) is 11.9. The van der Waals surface area contributed by atoms with E-state index in [0.717, 1.165) is 11.5 Å². The molecule has 0 aliphatic rings. The largest absolute Gasteiger partial charge is 0.464 e. The Labute approximate surface area is 103 Å². The number of hydrogen-bond acceptors (Lipinski definition) is 5. The highest BCUT2D eigenvalue weighted by atomic mass is 32.2. The van der Waals surface area contributed by atoms with Gasteiger partial charge in [-0.2, -0.15) is 0 Å². The summed E-state index contributed by atoms with van der Waals surface area (Å²) in [4.78, 5) is 17.8. The van der Waals surface area contributed by atoms with Gasteiger partial charge in [0, 0.05) is 12.3 Å². The van der Waals surface area contributed by atoms with Crippen molar-refractivity contribution in [2.24, 2.45) is 0 Å². The number of furan rings is 1. The molecule has 2 aromatic rings. The van der Waals surface area contributed by atoms with Crippen LogP contribution in [0, 0.1) is 0 Å². The average molecular weight is 251 g/mol. The van der Waals surface area contributed by atoms with Crippen molar-refractivity contribution in [1.29, 1.82) is 0 Å². The summed E-state index contributed by atoms with van der Waals surface area (Å²) in [6, 6.07) is 5.26. The SMILES string of the molecule is CNCc1ccc(CSc2nccc(=O)[nH]2)o1. The third-order valence-corrected chi connectivity index (χ3v) is 2.98. The lowest BCUT2D eigenvalue weighted by atomic mass is 10.4. The first-order chi connectivity index (χ1) is 8.28. The molecule has 0 unspecified atom stereocenters. The van der Waals surface area contributed by atoms with Crippen LogP contribution in [0.3, 0.4) is 0 Å². The Kier molecular flexibility index (Phi) is 4.00. The number of aromatic amines is 1. The Morgan fingerprint density at radius 1 is 1.41 bits per heavy atom. The van der Waals surface area contributed by atoms with Crippen molar-refractivity contribution < 1.29 is 4.42 Å². The molecule has 6 heteroatoms. The topological polar surface area (TPSA) is 70.9 Å². The van der Waals surface area contributed by atoms with Crippen molar-refractivity contribution in [1.82, 2.24) is 15.3 Å². The minimum Gasteiger partial charge on any atom is -0.464 e. The van der Waals surface area contributed by atoms with E-state index >= 15 is 0 Å². The zero-order chi connectivity index (χ0) is 12.1. The van der Waals surface area contributed by atoms with Crippen molar-refractivity contribution in [3.8, 4) is 0 Å². The standard InChI is InChI=1S/C11H13N3O2S/c1-12-6-8-2-3-9(16-8)7-17-11-13-5-4-10(15)14-11/h2-5,12H,6-7H2,1H3,(H,13,14,15). The molecule has 0 aromatic carbocycles. The second kappa shape index (κ2) is 5.70. The fourth-order valence-corrected chi connectivity index (χ4v) is 2.08. The fraction of sp³-hybridized carbons (Fsp3) is 0.273. The third kappa shape index (κ3) is 3.47. The number of H-pyrrole nitrogens is 1. The van der Waals surface area contributed by atoms with Crippen LogP contribution >= 0.6 is 11.8 Å². The van der Waals surface area contributed by atoms with Gasteiger partial charge in [-0.3, -0.25) is 4.79 Å². The number of hydrogen-bond donors (Lipinski definition) is 2. The molecular weight excluding hydrogens is 238 g/mol. The summed E-state index contributed by atoms with van der Waals surface area (Å²) in [5.74, 6) is 2.42. The van der Waals surface area contributed by atoms with Crippen LogP contribution in [0.5, 0.6) is 0 Å². The van der Waals surface area contributed by atoms with Gasteiger partial charge in [-0.05, 0) is 19.2 Å². The van der Waals surface area contributed by atoms with E-state index in [2.05, 4.69) is 15.3 Å². The zero-order valence-electron chi connectivity index (χ0n) is 9.40. The molecule has 0 fully saturated rings. The van der Waals surface area contributed by atoms with E-state index in [-0.39, 0.29) is 5.56 Å². The molecule has 2 N–H and O–H groups in total.